The molecule has 554 valence electrons. The number of hydrogen-bond acceptors (Lipinski definition) is 13. The van der Waals surface area contributed by atoms with Gasteiger partial charge in [-0.15, -0.1) is 0 Å². The molecule has 12 unspecified atom stereocenters. The predicted molar refractivity (Wildman–Crippen MR) is 383 cm³/mol. The van der Waals surface area contributed by atoms with Crippen molar-refractivity contribution in [3.8, 4) is 0 Å². The maximum absolute atomic E-state index is 13.4. The van der Waals surface area contributed by atoms with E-state index in [1.165, 1.54) is 327 Å². The highest BCUT2D eigenvalue weighted by molar-refractivity contribution is 5.76. The summed E-state index contributed by atoms with van der Waals surface area (Å²) in [5, 5.41) is 87.9. The number of amides is 1. The maximum atomic E-state index is 13.4. The largest absolute Gasteiger partial charge is 0.394 e. The first-order valence-electron chi connectivity index (χ1n) is 40.8. The van der Waals surface area contributed by atoms with Gasteiger partial charge in [0.1, 0.15) is 48.8 Å². The summed E-state index contributed by atoms with van der Waals surface area (Å²) in [6.45, 7) is 2.95. The molecule has 2 aliphatic heterocycles. The Hall–Kier alpha value is -1.01. The monoisotopic (exact) mass is 1330 g/mol. The fourth-order valence-electron chi connectivity index (χ4n) is 14.1. The van der Waals surface area contributed by atoms with Crippen molar-refractivity contribution in [1.82, 2.24) is 5.32 Å². The molecule has 0 aliphatic carbocycles. The Bertz CT molecular complexity index is 1560. The maximum Gasteiger partial charge on any atom is 0.220 e. The Morgan fingerprint density at radius 2 is 0.613 bits per heavy atom. The van der Waals surface area contributed by atoms with E-state index < -0.39 is 86.8 Å². The second kappa shape index (κ2) is 64.4. The molecule has 2 heterocycles. The molecule has 0 spiro atoms. The molecular weight excluding hydrogens is 1170 g/mol. The van der Waals surface area contributed by atoms with E-state index in [9.17, 15) is 45.6 Å². The van der Waals surface area contributed by atoms with Gasteiger partial charge >= 0.3 is 0 Å². The summed E-state index contributed by atoms with van der Waals surface area (Å²) in [5.41, 5.74) is 0. The highest BCUT2D eigenvalue weighted by atomic mass is 16.7. The highest BCUT2D eigenvalue weighted by Crippen LogP contribution is 2.31. The normalized spacial score (nSPS) is 22.4. The van der Waals surface area contributed by atoms with E-state index in [1.807, 2.05) is 0 Å². The first kappa shape index (κ1) is 88.1. The standard InChI is InChI=1S/C79H155NO13/c1-3-5-7-9-11-13-15-17-19-21-23-25-27-29-31-33-35-36-38-40-42-44-46-48-50-52-54-56-58-60-62-68(83)67(66-90-78-76(89)74(87)77(70(65-82)92-78)93-79-75(88)73(86)72(85)69(64-81)91-79)80-71(84)63-61-59-57-55-53-51-49-47-45-43-41-39-37-34-32-30-28-26-24-22-20-18-16-14-12-10-8-6-4-2/h67-70,72-79,81-83,85-89H,3-66H2,1-2H3,(H,80,84). The van der Waals surface area contributed by atoms with E-state index in [0.717, 1.165) is 51.4 Å². The van der Waals surface area contributed by atoms with Crippen molar-refractivity contribution in [3.63, 3.8) is 0 Å². The van der Waals surface area contributed by atoms with Crippen LogP contribution >= 0.6 is 0 Å². The Balaban J connectivity index is 1.60. The van der Waals surface area contributed by atoms with Gasteiger partial charge in [-0.2, -0.15) is 0 Å². The van der Waals surface area contributed by atoms with E-state index in [-0.39, 0.29) is 12.5 Å². The van der Waals surface area contributed by atoms with Crippen molar-refractivity contribution < 1.29 is 64.6 Å². The number of ether oxygens (including phenoxy) is 4. The first-order valence-corrected chi connectivity index (χ1v) is 40.8. The first-order chi connectivity index (χ1) is 45.6. The minimum atomic E-state index is -1.78. The minimum Gasteiger partial charge on any atom is -0.394 e. The number of hydrogen-bond donors (Lipinski definition) is 9. The van der Waals surface area contributed by atoms with E-state index >= 15 is 0 Å². The van der Waals surface area contributed by atoms with E-state index in [1.54, 1.807) is 0 Å². The molecule has 0 bridgehead atoms. The summed E-state index contributed by atoms with van der Waals surface area (Å²) >= 11 is 0. The van der Waals surface area contributed by atoms with Crippen molar-refractivity contribution in [1.29, 1.82) is 0 Å². The molecule has 0 aromatic heterocycles. The Morgan fingerprint density at radius 1 is 0.344 bits per heavy atom. The van der Waals surface area contributed by atoms with E-state index in [0.29, 0.717) is 12.8 Å². The molecule has 2 rings (SSSR count). The predicted octanol–water partition coefficient (Wildman–Crippen LogP) is 18.3. The molecule has 14 heteroatoms. The number of carbonyl (C=O) groups excluding carboxylic acids is 1. The smallest absolute Gasteiger partial charge is 0.220 e. The van der Waals surface area contributed by atoms with Crippen LogP contribution in [0.25, 0.3) is 0 Å². The third kappa shape index (κ3) is 47.6. The molecule has 2 saturated heterocycles. The number of aliphatic hydroxyl groups excluding tert-OH is 8. The van der Waals surface area contributed by atoms with Crippen LogP contribution in [0.15, 0.2) is 0 Å². The molecule has 0 saturated carbocycles. The van der Waals surface area contributed by atoms with Gasteiger partial charge in [-0.1, -0.05) is 386 Å². The van der Waals surface area contributed by atoms with E-state index in [2.05, 4.69) is 19.2 Å². The van der Waals surface area contributed by atoms with Crippen LogP contribution in [0.4, 0.5) is 0 Å². The van der Waals surface area contributed by atoms with Gasteiger partial charge in [-0.3, -0.25) is 4.79 Å². The Labute approximate surface area is 572 Å². The molecule has 0 radical (unpaired) electrons. The lowest BCUT2D eigenvalue weighted by Crippen LogP contribution is -2.65. The van der Waals surface area contributed by atoms with Gasteiger partial charge in [0.15, 0.2) is 12.6 Å². The molecule has 93 heavy (non-hydrogen) atoms. The fraction of sp³-hybridized carbons (Fsp3) is 0.987. The zero-order valence-electron chi connectivity index (χ0n) is 60.8. The molecule has 2 fully saturated rings. The van der Waals surface area contributed by atoms with Gasteiger partial charge in [0.25, 0.3) is 0 Å². The molecule has 9 N–H and O–H groups in total. The summed E-state index contributed by atoms with van der Waals surface area (Å²) in [5.74, 6) is -0.195. The van der Waals surface area contributed by atoms with Crippen LogP contribution in [-0.2, 0) is 23.7 Å². The Morgan fingerprint density at radius 3 is 0.914 bits per heavy atom. The Kier molecular flexibility index (Phi) is 61.0. The number of unbranched alkanes of at least 4 members (excludes halogenated alkanes) is 57. The topological polar surface area (TPSA) is 228 Å². The SMILES string of the molecule is CCCCCCCCCCCCCCCCCCCCCCCCCCCCCCCCC(O)C(COC1OC(CO)C(OC2OC(CO)C(O)C(O)C2O)C(O)C1O)NC(=O)CCCCCCCCCCCCCCCCCCCCCCCCCCCCCCC. The summed E-state index contributed by atoms with van der Waals surface area (Å²) in [6.07, 6.45) is 62.9. The summed E-state index contributed by atoms with van der Waals surface area (Å²) in [6, 6.07) is -0.826. The number of carbonyl (C=O) groups is 1. The average molecular weight is 1330 g/mol. The number of aliphatic hydroxyl groups is 8. The summed E-state index contributed by atoms with van der Waals surface area (Å²) in [7, 11) is 0. The van der Waals surface area contributed by atoms with Gasteiger partial charge in [-0.25, -0.2) is 0 Å². The fourth-order valence-corrected chi connectivity index (χ4v) is 14.1. The van der Waals surface area contributed by atoms with Gasteiger partial charge < -0.3 is 65.1 Å². The molecule has 12 atom stereocenters. The van der Waals surface area contributed by atoms with Gasteiger partial charge in [0, 0.05) is 6.42 Å². The van der Waals surface area contributed by atoms with Crippen LogP contribution in [0.2, 0.25) is 0 Å². The highest BCUT2D eigenvalue weighted by Gasteiger charge is 2.51. The lowest BCUT2D eigenvalue weighted by Gasteiger charge is -2.46. The summed E-state index contributed by atoms with van der Waals surface area (Å²) in [4.78, 5) is 13.4. The van der Waals surface area contributed by atoms with Crippen molar-refractivity contribution >= 4 is 5.91 Å². The average Bonchev–Trinajstić information content (AvgIpc) is 0.852. The summed E-state index contributed by atoms with van der Waals surface area (Å²) < 4.78 is 23.0. The molecular formula is C79H155NO13. The van der Waals surface area contributed by atoms with Gasteiger partial charge in [0.2, 0.25) is 5.91 Å². The van der Waals surface area contributed by atoms with Crippen LogP contribution in [0.5, 0.6) is 0 Å². The van der Waals surface area contributed by atoms with Crippen LogP contribution in [0.3, 0.4) is 0 Å². The zero-order chi connectivity index (χ0) is 67.3. The lowest BCUT2D eigenvalue weighted by molar-refractivity contribution is -0.359. The van der Waals surface area contributed by atoms with Crippen LogP contribution < -0.4 is 5.32 Å². The van der Waals surface area contributed by atoms with Crippen LogP contribution in [0.1, 0.15) is 406 Å². The van der Waals surface area contributed by atoms with Crippen molar-refractivity contribution in [2.75, 3.05) is 19.8 Å². The molecule has 14 nitrogen and oxygen atoms in total. The van der Waals surface area contributed by atoms with E-state index in [4.69, 9.17) is 18.9 Å². The third-order valence-corrected chi connectivity index (χ3v) is 20.6. The van der Waals surface area contributed by atoms with Crippen LogP contribution in [-0.4, -0.2) is 140 Å². The molecule has 1 amide bonds. The zero-order valence-corrected chi connectivity index (χ0v) is 60.8. The third-order valence-electron chi connectivity index (χ3n) is 20.6. The van der Waals surface area contributed by atoms with Crippen LogP contribution in [0, 0.1) is 0 Å². The second-order valence-corrected chi connectivity index (χ2v) is 29.3. The van der Waals surface area contributed by atoms with Crippen molar-refractivity contribution in [3.05, 3.63) is 0 Å². The lowest BCUT2D eigenvalue weighted by atomic mass is 9.97. The van der Waals surface area contributed by atoms with Gasteiger partial charge in [-0.05, 0) is 12.8 Å². The number of nitrogens with one attached hydrogen (secondary N) is 1. The minimum absolute atomic E-state index is 0.195. The number of rotatable bonds is 70. The molecule has 0 aromatic rings. The second-order valence-electron chi connectivity index (χ2n) is 29.3. The van der Waals surface area contributed by atoms with Gasteiger partial charge in [0.05, 0.1) is 32.0 Å². The molecule has 0 aromatic carbocycles. The van der Waals surface area contributed by atoms with Crippen molar-refractivity contribution in [2.45, 2.75) is 479 Å². The van der Waals surface area contributed by atoms with Crippen molar-refractivity contribution in [2.24, 2.45) is 0 Å². The molecule has 2 aliphatic rings. The quantitative estimate of drug-likeness (QED) is 0.0259.